The molecule has 0 aliphatic carbocycles. The predicted octanol–water partition coefficient (Wildman–Crippen LogP) is 5.81. The van der Waals surface area contributed by atoms with E-state index in [1.807, 2.05) is 6.07 Å². The van der Waals surface area contributed by atoms with E-state index in [9.17, 15) is 37.8 Å². The van der Waals surface area contributed by atoms with Crippen molar-refractivity contribution in [2.24, 2.45) is 0 Å². The van der Waals surface area contributed by atoms with E-state index in [1.54, 1.807) is 44.7 Å². The van der Waals surface area contributed by atoms with Gasteiger partial charge in [0.05, 0.1) is 6.04 Å². The molecule has 0 radical (unpaired) electrons. The quantitative estimate of drug-likeness (QED) is 0.381. The lowest BCUT2D eigenvalue weighted by Gasteiger charge is -2.37. The van der Waals surface area contributed by atoms with Crippen molar-refractivity contribution in [3.05, 3.63) is 52.8 Å². The average molecular weight is 617 g/mol. The first-order valence-corrected chi connectivity index (χ1v) is 14.3. The first-order chi connectivity index (χ1) is 20.4. The lowest BCUT2D eigenvalue weighted by Crippen LogP contribution is -2.56. The Morgan fingerprint density at radius 2 is 1.75 bits per heavy atom. The number of rotatable bonds is 3. The van der Waals surface area contributed by atoms with Gasteiger partial charge in [0.25, 0.3) is 5.91 Å². The maximum atomic E-state index is 13.5. The number of halogens is 3. The molecule has 0 unspecified atom stereocenters. The zero-order valence-corrected chi connectivity index (χ0v) is 25.2. The van der Waals surface area contributed by atoms with E-state index in [0.29, 0.717) is 47.5 Å². The summed E-state index contributed by atoms with van der Waals surface area (Å²) in [5.41, 5.74) is 0.168. The smallest absolute Gasteiger partial charge is 0.426 e. The van der Waals surface area contributed by atoms with Crippen LogP contribution in [0.4, 0.5) is 22.8 Å². The summed E-state index contributed by atoms with van der Waals surface area (Å²) >= 11 is 0. The molecule has 0 bridgehead atoms. The highest BCUT2D eigenvalue weighted by Crippen LogP contribution is 2.41. The topological polar surface area (TPSA) is 125 Å². The Balaban J connectivity index is 1.62. The number of benzene rings is 1. The van der Waals surface area contributed by atoms with Gasteiger partial charge in [0, 0.05) is 43.0 Å². The molecular weight excluding hydrogens is 581 g/mol. The molecule has 44 heavy (non-hydrogen) atoms. The number of hydrogen-bond acceptors (Lipinski definition) is 6. The number of carbonyl (C=O) groups excluding carboxylic acids is 2. The Hall–Kier alpha value is -4.13. The molecule has 0 saturated carbocycles. The first kappa shape index (κ1) is 31.3. The third-order valence-electron chi connectivity index (χ3n) is 8.25. The van der Waals surface area contributed by atoms with Gasteiger partial charge in [-0.3, -0.25) is 4.79 Å². The molecule has 2 aromatic heterocycles. The number of nitrogens with zero attached hydrogens (tertiary/aromatic N) is 4. The minimum atomic E-state index is -5.15. The average Bonchev–Trinajstić information content (AvgIpc) is 3.55. The number of carbonyl (C=O) groups is 3. The normalized spacial score (nSPS) is 18.7. The van der Waals surface area contributed by atoms with E-state index in [2.05, 4.69) is 4.98 Å². The first-order valence-electron chi connectivity index (χ1n) is 14.3. The molecule has 3 aromatic rings. The van der Waals surface area contributed by atoms with Crippen molar-refractivity contribution in [2.75, 3.05) is 13.1 Å². The molecule has 2 aliphatic rings. The lowest BCUT2D eigenvalue weighted by atomic mass is 9.86. The summed E-state index contributed by atoms with van der Waals surface area (Å²) in [7, 11) is 0. The number of alkyl halides is 3. The molecule has 2 N–H and O–H groups in total. The monoisotopic (exact) mass is 616 g/mol. The van der Waals surface area contributed by atoms with Gasteiger partial charge in [-0.05, 0) is 99.9 Å². The minimum absolute atomic E-state index is 0.0427. The second-order valence-electron chi connectivity index (χ2n) is 12.6. The standard InChI is InChI=1S/C31H35F3N4O6/c1-17-15-38(27(40)41)25-22(17)13-19(14-35-25)18-11-20-16-36(26(39)30(5,43)31(32,33)34)10-8-21(20)23(12-18)24-7-6-9-37(24)28(42)44-29(2,3)4/h11-15,24,43H,6-10,16H2,1-5H3,(H,40,41)/t24-,30-/m0/s1. The van der Waals surface area contributed by atoms with E-state index in [-0.39, 0.29) is 31.2 Å². The van der Waals surface area contributed by atoms with Crippen LogP contribution in [0.15, 0.2) is 30.6 Å². The Morgan fingerprint density at radius 1 is 1.05 bits per heavy atom. The van der Waals surface area contributed by atoms with Crippen LogP contribution in [-0.2, 0) is 22.5 Å². The number of fused-ring (bicyclic) bond motifs is 2. The van der Waals surface area contributed by atoms with Crippen LogP contribution >= 0.6 is 0 Å². The van der Waals surface area contributed by atoms with Crippen molar-refractivity contribution in [1.29, 1.82) is 0 Å². The van der Waals surface area contributed by atoms with Gasteiger partial charge in [-0.15, -0.1) is 0 Å². The molecule has 1 fully saturated rings. The molecule has 1 aromatic carbocycles. The summed E-state index contributed by atoms with van der Waals surface area (Å²) in [6.07, 6.45) is -2.23. The van der Waals surface area contributed by atoms with Crippen molar-refractivity contribution in [2.45, 2.75) is 83.8 Å². The van der Waals surface area contributed by atoms with Crippen LogP contribution in [0.25, 0.3) is 22.2 Å². The molecule has 2 atom stereocenters. The van der Waals surface area contributed by atoms with Crippen molar-refractivity contribution < 1.29 is 42.5 Å². The fourth-order valence-electron chi connectivity index (χ4n) is 6.00. The number of hydrogen-bond donors (Lipinski definition) is 2. The second-order valence-corrected chi connectivity index (χ2v) is 12.6. The zero-order valence-electron chi connectivity index (χ0n) is 25.2. The van der Waals surface area contributed by atoms with E-state index in [1.165, 1.54) is 12.4 Å². The lowest BCUT2D eigenvalue weighted by molar-refractivity contribution is -0.250. The summed E-state index contributed by atoms with van der Waals surface area (Å²) in [5, 5.41) is 20.3. The molecule has 4 heterocycles. The van der Waals surface area contributed by atoms with E-state index >= 15 is 0 Å². The summed E-state index contributed by atoms with van der Waals surface area (Å²) in [6.45, 7) is 7.81. The van der Waals surface area contributed by atoms with Gasteiger partial charge in [-0.2, -0.15) is 13.2 Å². The maximum Gasteiger partial charge on any atom is 0.426 e. The van der Waals surface area contributed by atoms with Gasteiger partial charge < -0.3 is 24.7 Å². The Kier molecular flexibility index (Phi) is 7.68. The largest absolute Gasteiger partial charge is 0.464 e. The molecule has 10 nitrogen and oxygen atoms in total. The molecule has 1 saturated heterocycles. The highest BCUT2D eigenvalue weighted by molar-refractivity contribution is 5.91. The van der Waals surface area contributed by atoms with Crippen LogP contribution in [0.3, 0.4) is 0 Å². The minimum Gasteiger partial charge on any atom is -0.464 e. The second kappa shape index (κ2) is 10.8. The maximum absolute atomic E-state index is 13.5. The summed E-state index contributed by atoms with van der Waals surface area (Å²) in [5.74, 6) is -1.44. The van der Waals surface area contributed by atoms with Gasteiger partial charge in [0.15, 0.2) is 0 Å². The van der Waals surface area contributed by atoms with Crippen molar-refractivity contribution in [3.8, 4) is 11.1 Å². The highest BCUT2D eigenvalue weighted by atomic mass is 19.4. The van der Waals surface area contributed by atoms with Crippen LogP contribution in [0.5, 0.6) is 0 Å². The Morgan fingerprint density at radius 3 is 2.39 bits per heavy atom. The van der Waals surface area contributed by atoms with E-state index in [0.717, 1.165) is 27.0 Å². The van der Waals surface area contributed by atoms with Gasteiger partial charge in [-0.25, -0.2) is 19.1 Å². The van der Waals surface area contributed by atoms with Crippen LogP contribution < -0.4 is 0 Å². The number of ether oxygens (including phenoxy) is 1. The van der Waals surface area contributed by atoms with E-state index in [4.69, 9.17) is 4.74 Å². The Bertz CT molecular complexity index is 1660. The number of aromatic nitrogens is 2. The van der Waals surface area contributed by atoms with E-state index < -0.39 is 35.5 Å². The molecule has 236 valence electrons. The third kappa shape index (κ3) is 5.60. The third-order valence-corrected chi connectivity index (χ3v) is 8.25. The van der Waals surface area contributed by atoms with Crippen LogP contribution in [-0.4, -0.2) is 78.1 Å². The molecule has 2 amide bonds. The number of pyridine rings is 1. The summed E-state index contributed by atoms with van der Waals surface area (Å²) in [6, 6.07) is 5.13. The van der Waals surface area contributed by atoms with Crippen molar-refractivity contribution in [3.63, 3.8) is 0 Å². The number of aryl methyl sites for hydroxylation is 1. The molecule has 0 spiro atoms. The molecule has 13 heteroatoms. The van der Waals surface area contributed by atoms with Gasteiger partial charge >= 0.3 is 18.4 Å². The van der Waals surface area contributed by atoms with Gasteiger partial charge in [0.2, 0.25) is 5.60 Å². The van der Waals surface area contributed by atoms with Gasteiger partial charge in [0.1, 0.15) is 11.2 Å². The fourth-order valence-corrected chi connectivity index (χ4v) is 6.00. The molecule has 2 aliphatic heterocycles. The van der Waals surface area contributed by atoms with Crippen LogP contribution in [0.2, 0.25) is 0 Å². The number of likely N-dealkylation sites (tertiary alicyclic amines) is 1. The predicted molar refractivity (Wildman–Crippen MR) is 154 cm³/mol. The summed E-state index contributed by atoms with van der Waals surface area (Å²) in [4.78, 5) is 44.9. The van der Waals surface area contributed by atoms with Crippen molar-refractivity contribution >= 4 is 29.1 Å². The van der Waals surface area contributed by atoms with Gasteiger partial charge in [-0.1, -0.05) is 0 Å². The zero-order chi connectivity index (χ0) is 32.4. The Labute approximate surface area is 252 Å². The fraction of sp³-hybridized carbons (Fsp3) is 0.484. The number of carboxylic acid groups (broad SMARTS) is 1. The van der Waals surface area contributed by atoms with Crippen molar-refractivity contribution in [1.82, 2.24) is 19.4 Å². The molecule has 5 rings (SSSR count). The highest BCUT2D eigenvalue weighted by Gasteiger charge is 2.57. The number of aliphatic hydroxyl groups is 1. The SMILES string of the molecule is Cc1cn(C(=O)O)c2ncc(-c3cc4c(c([C@@H]5CCCN5C(=O)OC(C)(C)C)c3)CCN(C(=O)[C@](C)(O)C(F)(F)F)C4)cc12. The molecular formula is C31H35F3N4O6. The van der Waals surface area contributed by atoms with Crippen LogP contribution in [0, 0.1) is 6.92 Å². The van der Waals surface area contributed by atoms with Crippen LogP contribution in [0.1, 0.15) is 68.8 Å². The summed E-state index contributed by atoms with van der Waals surface area (Å²) < 4.78 is 47.3. The number of amides is 2.